The Kier molecular flexibility index (Phi) is 48.6. The normalized spacial score (nSPS) is 21.0. The van der Waals surface area contributed by atoms with Crippen molar-refractivity contribution in [1.29, 1.82) is 57.9 Å². The number of ether oxygens (including phenoxy) is 1. The average Bonchev–Trinajstić information content (AvgIpc) is 0.825. The van der Waals surface area contributed by atoms with Gasteiger partial charge in [0, 0.05) is 123 Å². The van der Waals surface area contributed by atoms with Crippen LogP contribution in [0.2, 0.25) is 0 Å². The molecule has 7 rings (SSSR count). The van der Waals surface area contributed by atoms with Crippen LogP contribution in [0.5, 0.6) is 0 Å². The molecule has 0 aromatic rings. The van der Waals surface area contributed by atoms with Gasteiger partial charge < -0.3 is 4.74 Å². The SMILES string of the molecule is C#CCCN1CCCN(CCC#N)C1.C#CCN1CC(C(F)(F)F)CN(CC#N)C1.C#CCN1CC(C=C)CN(CC#N)C1.C#CCN1CC(F)CN(CC#N)C1.C#CCN1CCCN(CC#N)C1.N#CC(C#N)N1CCCN(C(C#N)C#N)C1.N#CCN1CC(OCC(F)(F)F)CN(CC#N)C1. The van der Waals surface area contributed by atoms with Crippen molar-refractivity contribution in [3.63, 3.8) is 0 Å². The Morgan fingerprint density at radius 2 is 0.709 bits per heavy atom. The van der Waals surface area contributed by atoms with Gasteiger partial charge in [-0.3, -0.25) is 68.6 Å². The Balaban J connectivity index is 0.000000603. The number of nitrogens with zero attached hydrogens (tertiary/aromatic N) is 25. The highest BCUT2D eigenvalue weighted by Gasteiger charge is 2.44. The van der Waals surface area contributed by atoms with Gasteiger partial charge in [0.25, 0.3) is 0 Å². The summed E-state index contributed by atoms with van der Waals surface area (Å²) in [6.45, 7) is 20.6. The summed E-state index contributed by atoms with van der Waals surface area (Å²) in [6, 6.07) is 20.2. The van der Waals surface area contributed by atoms with E-state index < -0.39 is 49.2 Å². The zero-order chi connectivity index (χ0) is 76.9. The van der Waals surface area contributed by atoms with Gasteiger partial charge in [0.15, 0.2) is 12.1 Å². The van der Waals surface area contributed by atoms with Crippen LogP contribution in [0.15, 0.2) is 12.7 Å². The van der Waals surface area contributed by atoms with Crippen LogP contribution >= 0.6 is 0 Å². The molecule has 0 radical (unpaired) electrons. The second-order valence-corrected chi connectivity index (χ2v) is 24.4. The van der Waals surface area contributed by atoms with E-state index in [2.05, 4.69) is 83.8 Å². The molecule has 7 aliphatic heterocycles. The molecule has 7 heterocycles. The van der Waals surface area contributed by atoms with E-state index in [1.54, 1.807) is 24.5 Å². The molecule has 0 aromatic carbocycles. The van der Waals surface area contributed by atoms with E-state index in [1.807, 2.05) is 59.5 Å². The maximum absolute atomic E-state index is 13.1. The molecular weight excluding hydrogens is 1340 g/mol. The fraction of sp³-hybridized carbons (Fsp3) is 0.671. The minimum atomic E-state index is -4.36. The molecule has 0 aromatic heterocycles. The number of terminal acetylenes is 5. The van der Waals surface area contributed by atoms with Gasteiger partial charge >= 0.3 is 12.4 Å². The zero-order valence-corrected chi connectivity index (χ0v) is 58.4. The lowest BCUT2D eigenvalue weighted by Crippen LogP contribution is -2.53. The summed E-state index contributed by atoms with van der Waals surface area (Å²) in [5.41, 5.74) is 0. The summed E-state index contributed by atoms with van der Waals surface area (Å²) in [6.07, 6.45) is 22.2. The van der Waals surface area contributed by atoms with Crippen molar-refractivity contribution in [1.82, 2.24) is 68.6 Å². The van der Waals surface area contributed by atoms with E-state index >= 15 is 0 Å². The van der Waals surface area contributed by atoms with Gasteiger partial charge in [-0.2, -0.15) is 84.2 Å². The number of rotatable bonds is 19. The van der Waals surface area contributed by atoms with Crippen molar-refractivity contribution in [3.05, 3.63) is 12.7 Å². The summed E-state index contributed by atoms with van der Waals surface area (Å²) in [5, 5.41) is 94.7. The van der Waals surface area contributed by atoms with Crippen molar-refractivity contribution >= 4 is 0 Å². The third-order valence-electron chi connectivity index (χ3n) is 16.0. The standard InChI is InChI=1S/C11H15N3.C11H17N3.C10H13F3N4O.C10H12F3N3.C10H10N6.C9H12FN3.C9H13N3/c1-3-6-13-8-11(4-2)9-14(10-13)7-5-12;1-2-3-7-13-9-5-10-14(11-13)8-4-6-12;11-10(12,13)7-18-9-5-16(3-1-14)8-17(6-9)4-2-15;1-2-4-15-6-9(10(11,12)13)7-16(8-15)5-3-14;11-4-9(5-12)15-2-1-3-16(8-15)10(6-13)7-14;1-2-4-12-6-9(10)7-13(8-12)5-3-11;1-2-5-11-6-3-7-12(9-11)8-4-10/h1,4,11H,2,6-10H2;1H,3-5,7-11H2;9H,3-8H2;1,9H,4-8H2;9-10H,1-3,8H2;1,9H,4-8H2;1H,3,5-9H2. The fourth-order valence-electron chi connectivity index (χ4n) is 11.5. The molecule has 0 spiro atoms. The smallest absolute Gasteiger partial charge is 0.366 e. The Bertz CT molecular complexity index is 3000. The van der Waals surface area contributed by atoms with E-state index in [-0.39, 0.29) is 58.9 Å². The van der Waals surface area contributed by atoms with Crippen LogP contribution in [0.4, 0.5) is 30.7 Å². The Morgan fingerprint density at radius 3 is 1.09 bits per heavy atom. The molecule has 0 saturated carbocycles. The maximum Gasteiger partial charge on any atom is 0.411 e. The molecule has 0 amide bonds. The first-order chi connectivity index (χ1) is 49.5. The summed E-state index contributed by atoms with van der Waals surface area (Å²) < 4.78 is 91.7. The number of alkyl halides is 7. The predicted molar refractivity (Wildman–Crippen MR) is 367 cm³/mol. The highest BCUT2D eigenvalue weighted by molar-refractivity contribution is 5.11. The molecule has 103 heavy (non-hydrogen) atoms. The lowest BCUT2D eigenvalue weighted by Gasteiger charge is -2.38. The van der Waals surface area contributed by atoms with Crippen molar-refractivity contribution in [2.24, 2.45) is 11.8 Å². The quantitative estimate of drug-likeness (QED) is 0.0777. The molecule has 552 valence electrons. The Hall–Kier alpha value is -9.16. The fourth-order valence-corrected chi connectivity index (χ4v) is 11.5. The molecule has 33 heteroatoms. The van der Waals surface area contributed by atoms with Crippen LogP contribution in [0.3, 0.4) is 0 Å². The maximum atomic E-state index is 13.1. The van der Waals surface area contributed by atoms with Crippen LogP contribution in [0.1, 0.15) is 32.1 Å². The van der Waals surface area contributed by atoms with Crippen LogP contribution in [0, 0.1) is 198 Å². The molecule has 3 unspecified atom stereocenters. The van der Waals surface area contributed by atoms with Gasteiger partial charge in [0.2, 0.25) is 0 Å². The van der Waals surface area contributed by atoms with Crippen molar-refractivity contribution in [2.45, 2.75) is 68.8 Å². The number of hydrogen-bond acceptors (Lipinski definition) is 26. The van der Waals surface area contributed by atoms with Gasteiger partial charge in [-0.05, 0) is 19.3 Å². The van der Waals surface area contributed by atoms with E-state index in [9.17, 15) is 30.7 Å². The van der Waals surface area contributed by atoms with Gasteiger partial charge in [0.1, 0.15) is 12.8 Å². The van der Waals surface area contributed by atoms with Crippen LogP contribution < -0.4 is 0 Å². The lowest BCUT2D eigenvalue weighted by molar-refractivity contribution is -0.195. The highest BCUT2D eigenvalue weighted by atomic mass is 19.4. The molecule has 0 N–H and O–H groups in total. The topological polar surface area (TPSA) is 316 Å². The monoisotopic (exact) mass is 1430 g/mol. The first kappa shape index (κ1) is 91.9. The molecular formula is C70H92F7N25O. The third kappa shape index (κ3) is 40.9. The second-order valence-electron chi connectivity index (χ2n) is 24.4. The van der Waals surface area contributed by atoms with Crippen LogP contribution in [-0.2, 0) is 4.74 Å². The first-order valence-corrected chi connectivity index (χ1v) is 33.0. The van der Waals surface area contributed by atoms with Gasteiger partial charge in [0.05, 0.1) is 191 Å². The van der Waals surface area contributed by atoms with Crippen LogP contribution in [-0.4, -0.2) is 329 Å². The second kappa shape index (κ2) is 54.5. The minimum absolute atomic E-state index is 0.00630. The summed E-state index contributed by atoms with van der Waals surface area (Å²) >= 11 is 0. The molecule has 0 bridgehead atoms. The Labute approximate surface area is 604 Å². The highest BCUT2D eigenvalue weighted by Crippen LogP contribution is 2.30. The van der Waals surface area contributed by atoms with Gasteiger partial charge in [-0.15, -0.1) is 44.6 Å². The summed E-state index contributed by atoms with van der Waals surface area (Å²) in [5.74, 6) is 11.7. The van der Waals surface area contributed by atoms with Crippen molar-refractivity contribution in [3.8, 4) is 128 Å². The van der Waals surface area contributed by atoms with Gasteiger partial charge in [-0.1, -0.05) is 29.8 Å². The number of halogens is 7. The Morgan fingerprint density at radius 1 is 0.388 bits per heavy atom. The molecule has 7 saturated heterocycles. The molecule has 7 aliphatic rings. The van der Waals surface area contributed by atoms with Crippen molar-refractivity contribution < 1.29 is 35.5 Å². The third-order valence-corrected chi connectivity index (χ3v) is 16.0. The first-order valence-electron chi connectivity index (χ1n) is 33.0. The average molecular weight is 1430 g/mol. The molecule has 26 nitrogen and oxygen atoms in total. The molecule has 0 aliphatic carbocycles. The zero-order valence-electron chi connectivity index (χ0n) is 58.4. The van der Waals surface area contributed by atoms with Crippen LogP contribution in [0.25, 0.3) is 0 Å². The summed E-state index contributed by atoms with van der Waals surface area (Å²) in [7, 11) is 0. The van der Waals surface area contributed by atoms with E-state index in [4.69, 9.17) is 94.7 Å². The summed E-state index contributed by atoms with van der Waals surface area (Å²) in [4.78, 5) is 26.4. The predicted octanol–water partition coefficient (Wildman–Crippen LogP) is 2.81. The lowest BCUT2D eigenvalue weighted by atomic mass is 10.1. The van der Waals surface area contributed by atoms with E-state index in [1.165, 1.54) is 16.2 Å². The van der Waals surface area contributed by atoms with Gasteiger partial charge in [-0.25, -0.2) is 4.39 Å². The molecule has 7 fully saturated rings. The van der Waals surface area contributed by atoms with E-state index in [0.717, 1.165) is 91.6 Å². The number of hydrogen-bond donors (Lipinski definition) is 0. The van der Waals surface area contributed by atoms with Crippen molar-refractivity contribution in [2.75, 3.05) is 223 Å². The van der Waals surface area contributed by atoms with E-state index in [0.29, 0.717) is 97.9 Å². The minimum Gasteiger partial charge on any atom is -0.366 e. The number of nitriles is 11. The molecule has 3 atom stereocenters. The largest absolute Gasteiger partial charge is 0.411 e.